The Labute approximate surface area is 259 Å². The van der Waals surface area contributed by atoms with Crippen molar-refractivity contribution < 1.29 is 23.8 Å². The summed E-state index contributed by atoms with van der Waals surface area (Å²) in [6.07, 6.45) is 4.74. The number of hydrogen-bond acceptors (Lipinski definition) is 9. The number of hydrogen-bond donors (Lipinski definition) is 3. The van der Waals surface area contributed by atoms with Crippen LogP contribution < -0.4 is 15.5 Å². The fourth-order valence-corrected chi connectivity index (χ4v) is 5.25. The maximum Gasteiger partial charge on any atom is 0.407 e. The molecule has 1 aromatic carbocycles. The lowest BCUT2D eigenvalue weighted by Gasteiger charge is -2.34. The molecular weight excluding hydrogens is 587 g/mol. The minimum Gasteiger partial charge on any atom is -0.504 e. The highest BCUT2D eigenvalue weighted by Crippen LogP contribution is 2.35. The van der Waals surface area contributed by atoms with Crippen molar-refractivity contribution >= 4 is 51.7 Å². The Morgan fingerprint density at radius 3 is 2.64 bits per heavy atom. The summed E-state index contributed by atoms with van der Waals surface area (Å²) in [6.45, 7) is 8.65. The molecule has 1 saturated heterocycles. The van der Waals surface area contributed by atoms with Crippen LogP contribution in [0.1, 0.15) is 57.3 Å². The van der Waals surface area contributed by atoms with Crippen molar-refractivity contribution in [3.05, 3.63) is 65.2 Å². The number of piperidine rings is 1. The predicted octanol–water partition coefficient (Wildman–Crippen LogP) is 7.02. The highest BCUT2D eigenvalue weighted by atomic mass is 35.5. The lowest BCUT2D eigenvalue weighted by atomic mass is 10.1. The molecule has 0 saturated carbocycles. The maximum atomic E-state index is 14.3. The molecule has 5 rings (SSSR count). The number of Topliss-reactive ketones (excluding diaryl/α,β-unsaturated/α-hetero) is 1. The number of alkyl carbamates (subject to hydrolysis) is 1. The Morgan fingerprint density at radius 2 is 1.95 bits per heavy atom. The summed E-state index contributed by atoms with van der Waals surface area (Å²) >= 11 is 6.01. The smallest absolute Gasteiger partial charge is 0.407 e. The monoisotopic (exact) mass is 620 g/mol. The molecule has 0 aliphatic carbocycles. The van der Waals surface area contributed by atoms with Gasteiger partial charge in [-0.05, 0) is 70.0 Å². The first kappa shape index (κ1) is 30.9. The van der Waals surface area contributed by atoms with Gasteiger partial charge in [-0.2, -0.15) is 0 Å². The average molecular weight is 621 g/mol. The molecule has 4 heterocycles. The summed E-state index contributed by atoms with van der Waals surface area (Å²) in [7, 11) is 0. The molecule has 12 heteroatoms. The van der Waals surface area contributed by atoms with Gasteiger partial charge in [0.1, 0.15) is 16.9 Å². The van der Waals surface area contributed by atoms with E-state index in [4.69, 9.17) is 21.3 Å². The van der Waals surface area contributed by atoms with Crippen LogP contribution >= 0.6 is 11.6 Å². The molecule has 1 aliphatic heterocycles. The molecule has 1 atom stereocenters. The Balaban J connectivity index is 1.41. The van der Waals surface area contributed by atoms with E-state index in [0.717, 1.165) is 31.3 Å². The fraction of sp³-hybridized carbons (Fsp3) is 0.344. The number of nitrogens with zero attached hydrogens (tertiary/aromatic N) is 4. The number of carbonyl (C=O) groups excluding carboxylic acids is 2. The maximum absolute atomic E-state index is 14.3. The van der Waals surface area contributed by atoms with Gasteiger partial charge in [-0.15, -0.1) is 0 Å². The third-order valence-corrected chi connectivity index (χ3v) is 7.42. The normalized spacial score (nSPS) is 15.2. The van der Waals surface area contributed by atoms with Gasteiger partial charge in [-0.1, -0.05) is 18.5 Å². The van der Waals surface area contributed by atoms with Crippen LogP contribution in [0.15, 0.2) is 48.8 Å². The molecule has 0 radical (unpaired) electrons. The van der Waals surface area contributed by atoms with Gasteiger partial charge in [-0.25, -0.2) is 19.2 Å². The standard InChI is InChI=1S/C32H34ClFN6O4/c1-5-26(41)21-16-35-25-10-9-24(18-13-22(33)30(42)23(34)14-18)39-29(25)28(21)37-19-8-11-27(36-15-19)40-12-6-7-20(17-40)38-31(43)44-32(2,3)4/h8-11,13-16,20,42H,5-7,12,17H2,1-4H3,(H,35,37)(H,38,43)/t20-/m0/s1. The van der Waals surface area contributed by atoms with E-state index in [0.29, 0.717) is 45.8 Å². The molecular formula is C32H34ClFN6O4. The van der Waals surface area contributed by atoms with E-state index in [1.807, 2.05) is 32.9 Å². The second-order valence-electron chi connectivity index (χ2n) is 11.6. The summed E-state index contributed by atoms with van der Waals surface area (Å²) in [5.41, 5.74) is 2.53. The van der Waals surface area contributed by atoms with Crippen molar-refractivity contribution in [3.8, 4) is 17.0 Å². The Kier molecular flexibility index (Phi) is 8.87. The number of nitrogens with one attached hydrogen (secondary N) is 2. The summed E-state index contributed by atoms with van der Waals surface area (Å²) in [6, 6.07) is 9.63. The first-order valence-electron chi connectivity index (χ1n) is 14.4. The number of carbonyl (C=O) groups is 2. The molecule has 10 nitrogen and oxygen atoms in total. The minimum atomic E-state index is -0.868. The molecule has 4 aromatic rings. The number of benzene rings is 1. The summed E-state index contributed by atoms with van der Waals surface area (Å²) in [4.78, 5) is 41.1. The lowest BCUT2D eigenvalue weighted by molar-refractivity contribution is 0.0499. The van der Waals surface area contributed by atoms with Crippen LogP contribution in [0.25, 0.3) is 22.3 Å². The van der Waals surface area contributed by atoms with E-state index in [1.54, 1.807) is 25.3 Å². The van der Waals surface area contributed by atoms with E-state index in [-0.39, 0.29) is 23.3 Å². The first-order valence-corrected chi connectivity index (χ1v) is 14.8. The molecule has 0 unspecified atom stereocenters. The molecule has 1 amide bonds. The zero-order valence-corrected chi connectivity index (χ0v) is 25.7. The quantitative estimate of drug-likeness (QED) is 0.187. The summed E-state index contributed by atoms with van der Waals surface area (Å²) in [5, 5.41) is 15.9. The van der Waals surface area contributed by atoms with Crippen LogP contribution in [0, 0.1) is 5.82 Å². The number of anilines is 3. The van der Waals surface area contributed by atoms with Crippen molar-refractivity contribution in [3.63, 3.8) is 0 Å². The number of aromatic hydroxyl groups is 1. The molecule has 0 spiro atoms. The van der Waals surface area contributed by atoms with Crippen LogP contribution in [0.4, 0.5) is 26.4 Å². The van der Waals surface area contributed by atoms with Crippen LogP contribution in [0.5, 0.6) is 5.75 Å². The third-order valence-electron chi connectivity index (χ3n) is 7.13. The van der Waals surface area contributed by atoms with E-state index in [1.165, 1.54) is 12.3 Å². The highest BCUT2D eigenvalue weighted by Gasteiger charge is 2.25. The zero-order valence-electron chi connectivity index (χ0n) is 24.9. The minimum absolute atomic E-state index is 0.0683. The largest absolute Gasteiger partial charge is 0.504 e. The molecule has 44 heavy (non-hydrogen) atoms. The first-order chi connectivity index (χ1) is 20.9. The number of rotatable bonds is 7. The number of amides is 1. The highest BCUT2D eigenvalue weighted by molar-refractivity contribution is 6.32. The molecule has 1 aliphatic rings. The Morgan fingerprint density at radius 1 is 1.16 bits per heavy atom. The van der Waals surface area contributed by atoms with Gasteiger partial charge in [0.2, 0.25) is 0 Å². The number of aromatic nitrogens is 3. The fourth-order valence-electron chi connectivity index (χ4n) is 5.04. The number of ketones is 1. The summed E-state index contributed by atoms with van der Waals surface area (Å²) < 4.78 is 19.7. The number of ether oxygens (including phenoxy) is 1. The van der Waals surface area contributed by atoms with Gasteiger partial charge in [-0.3, -0.25) is 9.78 Å². The van der Waals surface area contributed by atoms with Crippen LogP contribution in [0.3, 0.4) is 0 Å². The predicted molar refractivity (Wildman–Crippen MR) is 168 cm³/mol. The van der Waals surface area contributed by atoms with Gasteiger partial charge in [0, 0.05) is 37.3 Å². The van der Waals surface area contributed by atoms with Crippen molar-refractivity contribution in [1.29, 1.82) is 0 Å². The SMILES string of the molecule is CCC(=O)c1cnc2ccc(-c3cc(F)c(O)c(Cl)c3)nc2c1Nc1ccc(N2CCC[C@H](NC(=O)OC(C)(C)C)C2)nc1. The van der Waals surface area contributed by atoms with Gasteiger partial charge in [0.15, 0.2) is 17.3 Å². The number of phenolic OH excluding ortho intramolecular Hbond substituents is 1. The molecule has 1 fully saturated rings. The number of phenols is 1. The number of halogens is 2. The van der Waals surface area contributed by atoms with E-state index in [2.05, 4.69) is 25.5 Å². The zero-order chi connectivity index (χ0) is 31.6. The van der Waals surface area contributed by atoms with Gasteiger partial charge < -0.3 is 25.4 Å². The topological polar surface area (TPSA) is 130 Å². The van der Waals surface area contributed by atoms with Crippen LogP contribution in [-0.4, -0.2) is 56.7 Å². The van der Waals surface area contributed by atoms with Crippen LogP contribution in [0.2, 0.25) is 5.02 Å². The second-order valence-corrected chi connectivity index (χ2v) is 12.0. The molecule has 3 aromatic heterocycles. The average Bonchev–Trinajstić information content (AvgIpc) is 2.98. The summed E-state index contributed by atoms with van der Waals surface area (Å²) in [5.74, 6) is -0.879. The van der Waals surface area contributed by atoms with Gasteiger partial charge >= 0.3 is 6.09 Å². The van der Waals surface area contributed by atoms with Crippen molar-refractivity contribution in [2.24, 2.45) is 0 Å². The molecule has 0 bridgehead atoms. The number of fused-ring (bicyclic) bond motifs is 1. The molecule has 3 N–H and O–H groups in total. The third kappa shape index (κ3) is 6.99. The second kappa shape index (κ2) is 12.6. The Bertz CT molecular complexity index is 1690. The van der Waals surface area contributed by atoms with Crippen LogP contribution in [-0.2, 0) is 4.74 Å². The van der Waals surface area contributed by atoms with Gasteiger partial charge in [0.25, 0.3) is 0 Å². The van der Waals surface area contributed by atoms with Crippen molar-refractivity contribution in [2.45, 2.75) is 58.6 Å². The molecule has 230 valence electrons. The van der Waals surface area contributed by atoms with E-state index in [9.17, 15) is 19.1 Å². The number of pyridine rings is 3. The van der Waals surface area contributed by atoms with Gasteiger partial charge in [0.05, 0.1) is 39.4 Å². The van der Waals surface area contributed by atoms with E-state index < -0.39 is 23.3 Å². The Hall–Kier alpha value is -4.51. The van der Waals surface area contributed by atoms with Crippen molar-refractivity contribution in [2.75, 3.05) is 23.3 Å². The lowest BCUT2D eigenvalue weighted by Crippen LogP contribution is -2.49. The van der Waals surface area contributed by atoms with Crippen molar-refractivity contribution in [1.82, 2.24) is 20.3 Å². The van der Waals surface area contributed by atoms with E-state index >= 15 is 0 Å².